The van der Waals surface area contributed by atoms with Gasteiger partial charge >= 0.3 is 0 Å². The fourth-order valence-corrected chi connectivity index (χ4v) is 4.34. The van der Waals surface area contributed by atoms with E-state index in [-0.39, 0.29) is 5.56 Å². The molecule has 0 unspecified atom stereocenters. The molecule has 4 heteroatoms. The highest BCUT2D eigenvalue weighted by atomic mass is 32.1. The van der Waals surface area contributed by atoms with E-state index in [9.17, 15) is 4.79 Å². The van der Waals surface area contributed by atoms with E-state index in [1.807, 2.05) is 31.2 Å². The molecule has 0 spiro atoms. The molecule has 4 rings (SSSR count). The predicted molar refractivity (Wildman–Crippen MR) is 110 cm³/mol. The number of fused-ring (bicyclic) bond motifs is 1. The predicted octanol–water partition coefficient (Wildman–Crippen LogP) is 5.55. The molecule has 2 heterocycles. The van der Waals surface area contributed by atoms with Crippen molar-refractivity contribution in [2.45, 2.75) is 27.7 Å². The van der Waals surface area contributed by atoms with Crippen LogP contribution in [0.2, 0.25) is 0 Å². The van der Waals surface area contributed by atoms with Crippen molar-refractivity contribution < 1.29 is 0 Å². The Morgan fingerprint density at radius 2 is 1.73 bits per heavy atom. The average Bonchev–Trinajstić information content (AvgIpc) is 2.94. The summed E-state index contributed by atoms with van der Waals surface area (Å²) in [7, 11) is 0. The molecule has 0 fully saturated rings. The van der Waals surface area contributed by atoms with Crippen LogP contribution in [0.1, 0.15) is 21.6 Å². The molecule has 2 aromatic carbocycles. The molecule has 0 aliphatic carbocycles. The number of aromatic nitrogens is 2. The van der Waals surface area contributed by atoms with Gasteiger partial charge in [-0.3, -0.25) is 4.79 Å². The van der Waals surface area contributed by atoms with Crippen LogP contribution in [0.4, 0.5) is 0 Å². The number of aromatic amines is 1. The Balaban J connectivity index is 1.96. The number of rotatable bonds is 2. The van der Waals surface area contributed by atoms with Gasteiger partial charge in [0, 0.05) is 16.0 Å². The van der Waals surface area contributed by atoms with Crippen LogP contribution in [0.5, 0.6) is 0 Å². The molecular formula is C22H20N2OS. The zero-order valence-electron chi connectivity index (χ0n) is 15.3. The lowest BCUT2D eigenvalue weighted by Crippen LogP contribution is -2.09. The van der Waals surface area contributed by atoms with E-state index in [2.05, 4.69) is 44.0 Å². The second-order valence-corrected chi connectivity index (χ2v) is 8.00. The van der Waals surface area contributed by atoms with Gasteiger partial charge in [0.1, 0.15) is 10.7 Å². The van der Waals surface area contributed by atoms with Gasteiger partial charge < -0.3 is 4.98 Å². The van der Waals surface area contributed by atoms with E-state index >= 15 is 0 Å². The van der Waals surface area contributed by atoms with E-state index in [0.29, 0.717) is 11.2 Å². The Morgan fingerprint density at radius 1 is 0.923 bits per heavy atom. The molecule has 1 N–H and O–H groups in total. The first-order valence-corrected chi connectivity index (χ1v) is 9.44. The van der Waals surface area contributed by atoms with Crippen molar-refractivity contribution in [1.29, 1.82) is 0 Å². The molecule has 2 aromatic heterocycles. The van der Waals surface area contributed by atoms with E-state index in [4.69, 9.17) is 4.98 Å². The van der Waals surface area contributed by atoms with E-state index in [1.54, 1.807) is 11.3 Å². The van der Waals surface area contributed by atoms with Crippen LogP contribution in [0.25, 0.3) is 32.7 Å². The Labute approximate surface area is 156 Å². The van der Waals surface area contributed by atoms with Crippen molar-refractivity contribution in [3.8, 4) is 22.5 Å². The molecule has 130 valence electrons. The topological polar surface area (TPSA) is 45.8 Å². The molecule has 0 radical (unpaired) electrons. The van der Waals surface area contributed by atoms with Crippen molar-refractivity contribution in [2.75, 3.05) is 0 Å². The molecule has 4 aromatic rings. The van der Waals surface area contributed by atoms with Crippen LogP contribution >= 0.6 is 11.3 Å². The minimum atomic E-state index is -0.0796. The number of hydrogen-bond acceptors (Lipinski definition) is 3. The fraction of sp³-hybridized carbons (Fsp3) is 0.182. The van der Waals surface area contributed by atoms with Crippen LogP contribution < -0.4 is 5.56 Å². The molecule has 0 atom stereocenters. The maximum Gasteiger partial charge on any atom is 0.260 e. The highest BCUT2D eigenvalue weighted by Gasteiger charge is 2.17. The van der Waals surface area contributed by atoms with Crippen molar-refractivity contribution in [1.82, 2.24) is 9.97 Å². The molecule has 0 saturated carbocycles. The van der Waals surface area contributed by atoms with Gasteiger partial charge in [-0.1, -0.05) is 42.0 Å². The first-order chi connectivity index (χ1) is 12.4. The Morgan fingerprint density at radius 3 is 2.46 bits per heavy atom. The van der Waals surface area contributed by atoms with Gasteiger partial charge in [-0.25, -0.2) is 4.98 Å². The molecule has 3 nitrogen and oxygen atoms in total. The summed E-state index contributed by atoms with van der Waals surface area (Å²) in [6.45, 7) is 8.29. The first kappa shape index (κ1) is 16.7. The monoisotopic (exact) mass is 360 g/mol. The highest BCUT2D eigenvalue weighted by molar-refractivity contribution is 7.19. The summed E-state index contributed by atoms with van der Waals surface area (Å²) in [4.78, 5) is 22.6. The fourth-order valence-electron chi connectivity index (χ4n) is 3.29. The van der Waals surface area contributed by atoms with Gasteiger partial charge in [0.2, 0.25) is 0 Å². The minimum Gasteiger partial charge on any atom is -0.306 e. The van der Waals surface area contributed by atoms with Crippen molar-refractivity contribution in [3.05, 3.63) is 74.4 Å². The van der Waals surface area contributed by atoms with E-state index < -0.39 is 0 Å². The molecule has 0 amide bonds. The SMILES string of the molecule is Cc1cccc(-c2nc3sc(C)c(-c4ccc(C)c(C)c4)c3c(=O)[nH]2)c1. The number of H-pyrrole nitrogens is 1. The summed E-state index contributed by atoms with van der Waals surface area (Å²) in [6.07, 6.45) is 0. The Bertz CT molecular complexity index is 1200. The van der Waals surface area contributed by atoms with Crippen LogP contribution in [0.3, 0.4) is 0 Å². The van der Waals surface area contributed by atoms with Gasteiger partial charge in [-0.2, -0.15) is 0 Å². The largest absolute Gasteiger partial charge is 0.306 e. The summed E-state index contributed by atoms with van der Waals surface area (Å²) in [5.41, 5.74) is 6.54. The lowest BCUT2D eigenvalue weighted by Gasteiger charge is -2.06. The van der Waals surface area contributed by atoms with Crippen molar-refractivity contribution in [3.63, 3.8) is 0 Å². The maximum atomic E-state index is 12.9. The van der Waals surface area contributed by atoms with Gasteiger partial charge in [0.15, 0.2) is 0 Å². The third-order valence-electron chi connectivity index (χ3n) is 4.83. The molecule has 0 aliphatic heterocycles. The normalized spacial score (nSPS) is 11.2. The third kappa shape index (κ3) is 2.76. The third-order valence-corrected chi connectivity index (χ3v) is 5.82. The number of nitrogens with zero attached hydrogens (tertiary/aromatic N) is 1. The number of benzene rings is 2. The summed E-state index contributed by atoms with van der Waals surface area (Å²) in [6, 6.07) is 14.4. The standard InChI is InChI=1S/C22H20N2OS/c1-12-6-5-7-17(10-12)20-23-21(25)19-18(15(4)26-22(19)24-20)16-9-8-13(2)14(3)11-16/h5-11H,1-4H3,(H,23,24,25). The van der Waals surface area contributed by atoms with E-state index in [0.717, 1.165) is 32.0 Å². The first-order valence-electron chi connectivity index (χ1n) is 8.62. The average molecular weight is 360 g/mol. The molecule has 26 heavy (non-hydrogen) atoms. The molecule has 0 aliphatic rings. The number of nitrogens with one attached hydrogen (secondary N) is 1. The second-order valence-electron chi connectivity index (χ2n) is 6.80. The van der Waals surface area contributed by atoms with Gasteiger partial charge in [0.25, 0.3) is 5.56 Å². The highest BCUT2D eigenvalue weighted by Crippen LogP contribution is 2.36. The quantitative estimate of drug-likeness (QED) is 0.509. The van der Waals surface area contributed by atoms with Gasteiger partial charge in [0.05, 0.1) is 5.39 Å². The van der Waals surface area contributed by atoms with Crippen LogP contribution in [0.15, 0.2) is 47.3 Å². The lowest BCUT2D eigenvalue weighted by atomic mass is 9.99. The number of thiophene rings is 1. The molecule has 0 bridgehead atoms. The summed E-state index contributed by atoms with van der Waals surface area (Å²) >= 11 is 1.58. The van der Waals surface area contributed by atoms with Crippen molar-refractivity contribution in [2.24, 2.45) is 0 Å². The lowest BCUT2D eigenvalue weighted by molar-refractivity contribution is 1.19. The minimum absolute atomic E-state index is 0.0796. The van der Waals surface area contributed by atoms with Gasteiger partial charge in [-0.15, -0.1) is 11.3 Å². The molecule has 0 saturated heterocycles. The van der Waals surface area contributed by atoms with Crippen molar-refractivity contribution >= 4 is 21.6 Å². The molecular weight excluding hydrogens is 340 g/mol. The Hall–Kier alpha value is -2.72. The maximum absolute atomic E-state index is 12.9. The van der Waals surface area contributed by atoms with Crippen LogP contribution in [-0.2, 0) is 0 Å². The number of hydrogen-bond donors (Lipinski definition) is 1. The zero-order chi connectivity index (χ0) is 18.4. The number of aryl methyl sites for hydroxylation is 4. The van der Waals surface area contributed by atoms with Crippen LogP contribution in [0, 0.1) is 27.7 Å². The Kier molecular flexibility index (Phi) is 4.00. The zero-order valence-corrected chi connectivity index (χ0v) is 16.1. The smallest absolute Gasteiger partial charge is 0.260 e. The second kappa shape index (κ2) is 6.22. The summed E-state index contributed by atoms with van der Waals surface area (Å²) in [5.74, 6) is 0.624. The van der Waals surface area contributed by atoms with Gasteiger partial charge in [-0.05, 0) is 50.5 Å². The summed E-state index contributed by atoms with van der Waals surface area (Å²) in [5, 5.41) is 0.687. The van der Waals surface area contributed by atoms with Crippen LogP contribution in [-0.4, -0.2) is 9.97 Å². The summed E-state index contributed by atoms with van der Waals surface area (Å²) < 4.78 is 0. The van der Waals surface area contributed by atoms with E-state index in [1.165, 1.54) is 11.1 Å².